The van der Waals surface area contributed by atoms with E-state index in [1.54, 1.807) is 6.07 Å². The minimum atomic E-state index is 0.0192. The maximum Gasteiger partial charge on any atom is 0.225 e. The second kappa shape index (κ2) is 9.26. The molecule has 0 radical (unpaired) electrons. The number of carbonyl (C=O) groups is 1. The van der Waals surface area contributed by atoms with Gasteiger partial charge in [0.05, 0.1) is 6.10 Å². The monoisotopic (exact) mass is 338 g/mol. The Labute approximate surface area is 144 Å². The van der Waals surface area contributed by atoms with Crippen molar-refractivity contribution in [2.75, 3.05) is 32.1 Å². The summed E-state index contributed by atoms with van der Waals surface area (Å²) in [5, 5.41) is 3.57. The van der Waals surface area contributed by atoms with Gasteiger partial charge in [-0.25, -0.2) is 0 Å². The van der Waals surface area contributed by atoms with E-state index in [2.05, 4.69) is 17.3 Å². The van der Waals surface area contributed by atoms with E-state index in [9.17, 15) is 4.79 Å². The third-order valence-electron chi connectivity index (χ3n) is 4.28. The minimum absolute atomic E-state index is 0.0192. The summed E-state index contributed by atoms with van der Waals surface area (Å²) < 4.78 is 5.74. The third kappa shape index (κ3) is 6.50. The summed E-state index contributed by atoms with van der Waals surface area (Å²) in [6.45, 7) is 4.56. The molecular formula is C18H27ClN2O2. The highest BCUT2D eigenvalue weighted by Gasteiger charge is 2.14. The average Bonchev–Trinajstić information content (AvgIpc) is 2.55. The molecule has 23 heavy (non-hydrogen) atoms. The van der Waals surface area contributed by atoms with Gasteiger partial charge in [-0.15, -0.1) is 0 Å². The SMILES string of the molecule is Cc1ccc(NC(=O)CCN(C)CCC2CCCCO2)cc1Cl. The molecule has 0 saturated carbocycles. The van der Waals surface area contributed by atoms with Gasteiger partial charge in [0.15, 0.2) is 0 Å². The molecule has 1 fully saturated rings. The van der Waals surface area contributed by atoms with Gasteiger partial charge in [-0.05, 0) is 57.4 Å². The Balaban J connectivity index is 1.65. The maximum absolute atomic E-state index is 12.0. The van der Waals surface area contributed by atoms with Crippen LogP contribution in [0.15, 0.2) is 18.2 Å². The first kappa shape index (κ1) is 18.2. The molecule has 1 N–H and O–H groups in total. The number of nitrogens with zero attached hydrogens (tertiary/aromatic N) is 1. The van der Waals surface area contributed by atoms with E-state index in [0.717, 1.165) is 37.4 Å². The van der Waals surface area contributed by atoms with Crippen LogP contribution in [0.4, 0.5) is 5.69 Å². The predicted octanol–water partition coefficient (Wildman–Crippen LogP) is 3.87. The molecule has 1 aliphatic rings. The molecule has 1 heterocycles. The van der Waals surface area contributed by atoms with Crippen LogP contribution >= 0.6 is 11.6 Å². The topological polar surface area (TPSA) is 41.6 Å². The van der Waals surface area contributed by atoms with Gasteiger partial charge in [0.1, 0.15) is 0 Å². The molecule has 2 rings (SSSR count). The fraction of sp³-hybridized carbons (Fsp3) is 0.611. The highest BCUT2D eigenvalue weighted by atomic mass is 35.5. The van der Waals surface area contributed by atoms with Crippen molar-refractivity contribution in [1.82, 2.24) is 4.90 Å². The highest BCUT2D eigenvalue weighted by Crippen LogP contribution is 2.20. The lowest BCUT2D eigenvalue weighted by Crippen LogP contribution is -2.29. The summed E-state index contributed by atoms with van der Waals surface area (Å²) in [6.07, 6.45) is 5.56. The van der Waals surface area contributed by atoms with Crippen molar-refractivity contribution in [3.8, 4) is 0 Å². The van der Waals surface area contributed by atoms with Gasteiger partial charge < -0.3 is 15.0 Å². The number of ether oxygens (including phenoxy) is 1. The van der Waals surface area contributed by atoms with Crippen LogP contribution in [0, 0.1) is 6.92 Å². The van der Waals surface area contributed by atoms with E-state index in [1.165, 1.54) is 19.3 Å². The van der Waals surface area contributed by atoms with Crippen molar-refractivity contribution in [3.63, 3.8) is 0 Å². The zero-order valence-electron chi connectivity index (χ0n) is 14.1. The Hall–Kier alpha value is -1.10. The number of aryl methyl sites for hydroxylation is 1. The van der Waals surface area contributed by atoms with Gasteiger partial charge in [-0.2, -0.15) is 0 Å². The summed E-state index contributed by atoms with van der Waals surface area (Å²) in [7, 11) is 2.05. The average molecular weight is 339 g/mol. The summed E-state index contributed by atoms with van der Waals surface area (Å²) in [6, 6.07) is 5.58. The standard InChI is InChI=1S/C18H27ClN2O2/c1-14-6-7-15(13-17(14)19)20-18(22)9-11-21(2)10-8-16-5-3-4-12-23-16/h6-7,13,16H,3-5,8-12H2,1-2H3,(H,20,22). The Morgan fingerprint density at radius 1 is 1.39 bits per heavy atom. The predicted molar refractivity (Wildman–Crippen MR) is 95.1 cm³/mol. The van der Waals surface area contributed by atoms with Crippen LogP contribution in [-0.2, 0) is 9.53 Å². The molecule has 1 amide bonds. The quantitative estimate of drug-likeness (QED) is 0.820. The second-order valence-corrected chi connectivity index (χ2v) is 6.75. The van der Waals surface area contributed by atoms with Gasteiger partial charge in [0.25, 0.3) is 0 Å². The fourth-order valence-corrected chi connectivity index (χ4v) is 2.88. The molecule has 0 bridgehead atoms. The van der Waals surface area contributed by atoms with Crippen molar-refractivity contribution >= 4 is 23.2 Å². The lowest BCUT2D eigenvalue weighted by Gasteiger charge is -2.25. The van der Waals surface area contributed by atoms with Crippen LogP contribution in [0.1, 0.15) is 37.7 Å². The van der Waals surface area contributed by atoms with Crippen molar-refractivity contribution in [2.24, 2.45) is 0 Å². The van der Waals surface area contributed by atoms with E-state index in [1.807, 2.05) is 19.1 Å². The van der Waals surface area contributed by atoms with E-state index in [-0.39, 0.29) is 5.91 Å². The lowest BCUT2D eigenvalue weighted by atomic mass is 10.1. The first-order chi connectivity index (χ1) is 11.0. The van der Waals surface area contributed by atoms with E-state index < -0.39 is 0 Å². The molecule has 1 atom stereocenters. The van der Waals surface area contributed by atoms with Crippen LogP contribution in [0.25, 0.3) is 0 Å². The first-order valence-corrected chi connectivity index (χ1v) is 8.78. The number of nitrogens with one attached hydrogen (secondary N) is 1. The molecule has 1 aromatic rings. The number of halogens is 1. The maximum atomic E-state index is 12.0. The van der Waals surface area contributed by atoms with Crippen molar-refractivity contribution in [3.05, 3.63) is 28.8 Å². The van der Waals surface area contributed by atoms with Gasteiger partial charge in [0.2, 0.25) is 5.91 Å². The minimum Gasteiger partial charge on any atom is -0.378 e. The number of anilines is 1. The Kier molecular flexibility index (Phi) is 7.34. The molecule has 1 aromatic carbocycles. The third-order valence-corrected chi connectivity index (χ3v) is 4.69. The smallest absolute Gasteiger partial charge is 0.225 e. The van der Waals surface area contributed by atoms with E-state index in [0.29, 0.717) is 17.5 Å². The summed E-state index contributed by atoms with van der Waals surface area (Å²) in [4.78, 5) is 14.2. The molecule has 5 heteroatoms. The van der Waals surface area contributed by atoms with Crippen LogP contribution in [-0.4, -0.2) is 43.7 Å². The first-order valence-electron chi connectivity index (χ1n) is 8.41. The number of hydrogen-bond donors (Lipinski definition) is 1. The molecule has 0 spiro atoms. The molecular weight excluding hydrogens is 312 g/mol. The van der Waals surface area contributed by atoms with Gasteiger partial charge in [-0.3, -0.25) is 4.79 Å². The fourth-order valence-electron chi connectivity index (χ4n) is 2.70. The van der Waals surface area contributed by atoms with Gasteiger partial charge in [-0.1, -0.05) is 17.7 Å². The molecule has 1 aliphatic heterocycles. The van der Waals surface area contributed by atoms with Crippen LogP contribution < -0.4 is 5.32 Å². The largest absolute Gasteiger partial charge is 0.378 e. The van der Waals surface area contributed by atoms with Crippen molar-refractivity contribution in [1.29, 1.82) is 0 Å². The number of carbonyl (C=O) groups excluding carboxylic acids is 1. The van der Waals surface area contributed by atoms with E-state index >= 15 is 0 Å². The number of rotatable bonds is 7. The molecule has 0 aliphatic carbocycles. The van der Waals surface area contributed by atoms with Gasteiger partial charge >= 0.3 is 0 Å². The zero-order chi connectivity index (χ0) is 16.7. The number of amides is 1. The van der Waals surface area contributed by atoms with Crippen LogP contribution in [0.2, 0.25) is 5.02 Å². The van der Waals surface area contributed by atoms with Crippen LogP contribution in [0.3, 0.4) is 0 Å². The summed E-state index contributed by atoms with van der Waals surface area (Å²) in [5.41, 5.74) is 1.76. The van der Waals surface area contributed by atoms with E-state index in [4.69, 9.17) is 16.3 Å². The molecule has 1 saturated heterocycles. The highest BCUT2D eigenvalue weighted by molar-refractivity contribution is 6.31. The number of hydrogen-bond acceptors (Lipinski definition) is 3. The molecule has 1 unspecified atom stereocenters. The summed E-state index contributed by atoms with van der Waals surface area (Å²) >= 11 is 6.07. The lowest BCUT2D eigenvalue weighted by molar-refractivity contribution is -0.116. The van der Waals surface area contributed by atoms with Crippen molar-refractivity contribution < 1.29 is 9.53 Å². The van der Waals surface area contributed by atoms with Crippen molar-refractivity contribution in [2.45, 2.75) is 45.1 Å². The van der Waals surface area contributed by atoms with Gasteiger partial charge in [0, 0.05) is 36.8 Å². The second-order valence-electron chi connectivity index (χ2n) is 6.34. The molecule has 4 nitrogen and oxygen atoms in total. The molecule has 0 aromatic heterocycles. The normalized spacial score (nSPS) is 18.2. The van der Waals surface area contributed by atoms with Crippen LogP contribution in [0.5, 0.6) is 0 Å². The number of benzene rings is 1. The Morgan fingerprint density at radius 3 is 2.91 bits per heavy atom. The molecule has 128 valence electrons. The Morgan fingerprint density at radius 2 is 2.22 bits per heavy atom. The summed E-state index contributed by atoms with van der Waals surface area (Å²) in [5.74, 6) is 0.0192. The Bertz CT molecular complexity index is 516. The zero-order valence-corrected chi connectivity index (χ0v) is 14.9.